The molecule has 1 aromatic carbocycles. The normalized spacial score (nSPS) is 14.5. The third kappa shape index (κ3) is 3.45. The topological polar surface area (TPSA) is 87.1 Å². The van der Waals surface area contributed by atoms with E-state index in [9.17, 15) is 23.1 Å². The van der Waals surface area contributed by atoms with Crippen LogP contribution in [0, 0.1) is 11.3 Å². The summed E-state index contributed by atoms with van der Waals surface area (Å²) in [5.41, 5.74) is 1.43. The molecule has 0 heterocycles. The zero-order valence-electron chi connectivity index (χ0n) is 9.95. The zero-order valence-corrected chi connectivity index (χ0v) is 9.95. The van der Waals surface area contributed by atoms with Crippen molar-refractivity contribution in [3.05, 3.63) is 34.9 Å². The molecule has 1 atom stereocenters. The van der Waals surface area contributed by atoms with Crippen LogP contribution in [0.2, 0.25) is 0 Å². The number of benzene rings is 1. The second-order valence-corrected chi connectivity index (χ2v) is 4.30. The summed E-state index contributed by atoms with van der Waals surface area (Å²) in [6.07, 6.45) is -5.04. The van der Waals surface area contributed by atoms with Crippen LogP contribution >= 0.6 is 0 Å². The molecule has 0 aliphatic heterocycles. The van der Waals surface area contributed by atoms with Gasteiger partial charge in [-0.2, -0.15) is 18.4 Å². The summed E-state index contributed by atoms with van der Waals surface area (Å²) in [5, 5.41) is 18.3. The van der Waals surface area contributed by atoms with Crippen molar-refractivity contribution in [2.45, 2.75) is 25.1 Å². The average molecular weight is 272 g/mol. The lowest BCUT2D eigenvalue weighted by Crippen LogP contribution is -2.42. The third-order valence-corrected chi connectivity index (χ3v) is 2.59. The number of nitrogens with two attached hydrogens (primary N) is 1. The Kier molecular flexibility index (Phi) is 3.86. The van der Waals surface area contributed by atoms with Gasteiger partial charge in [-0.05, 0) is 24.6 Å². The molecule has 0 aliphatic rings. The van der Waals surface area contributed by atoms with E-state index in [2.05, 4.69) is 0 Å². The molecular formula is C12H11F3N2O2. The van der Waals surface area contributed by atoms with Gasteiger partial charge < -0.3 is 10.8 Å². The summed E-state index contributed by atoms with van der Waals surface area (Å²) in [4.78, 5) is 10.9. The summed E-state index contributed by atoms with van der Waals surface area (Å²) < 4.78 is 38.1. The van der Waals surface area contributed by atoms with Crippen molar-refractivity contribution in [2.75, 3.05) is 0 Å². The van der Waals surface area contributed by atoms with Gasteiger partial charge in [0, 0.05) is 6.42 Å². The summed E-state index contributed by atoms with van der Waals surface area (Å²) in [7, 11) is 0. The largest absolute Gasteiger partial charge is 0.417 e. The standard InChI is InChI=1S/C12H11F3N2O2/c1-11(19,10(17)18)5-7-2-3-8(6-16)9(4-7)12(13,14)15/h2-4,19H,5H2,1H3,(H2,17,18). The van der Waals surface area contributed by atoms with E-state index in [4.69, 9.17) is 11.0 Å². The Bertz CT molecular complexity index is 545. The Balaban J connectivity index is 3.21. The molecule has 0 saturated carbocycles. The fraction of sp³-hybridized carbons (Fsp3) is 0.333. The maximum absolute atomic E-state index is 12.7. The molecule has 0 radical (unpaired) electrons. The SMILES string of the molecule is CC(O)(Cc1ccc(C#N)c(C(F)(F)F)c1)C(N)=O. The molecular weight excluding hydrogens is 261 g/mol. The average Bonchev–Trinajstić information content (AvgIpc) is 2.27. The molecule has 0 fully saturated rings. The van der Waals surface area contributed by atoms with Crippen molar-refractivity contribution in [3.63, 3.8) is 0 Å². The highest BCUT2D eigenvalue weighted by atomic mass is 19.4. The Labute approximate surface area is 107 Å². The van der Waals surface area contributed by atoms with Crippen molar-refractivity contribution in [1.29, 1.82) is 5.26 Å². The van der Waals surface area contributed by atoms with Gasteiger partial charge in [0.15, 0.2) is 0 Å². The van der Waals surface area contributed by atoms with E-state index >= 15 is 0 Å². The number of primary amides is 1. The van der Waals surface area contributed by atoms with Gasteiger partial charge in [0.25, 0.3) is 0 Å². The Morgan fingerprint density at radius 2 is 2.05 bits per heavy atom. The van der Waals surface area contributed by atoms with Gasteiger partial charge in [-0.3, -0.25) is 4.79 Å². The number of carbonyl (C=O) groups is 1. The van der Waals surface area contributed by atoms with Crippen LogP contribution in [0.1, 0.15) is 23.6 Å². The van der Waals surface area contributed by atoms with Crippen molar-refractivity contribution >= 4 is 5.91 Å². The van der Waals surface area contributed by atoms with Crippen LogP contribution in [0.3, 0.4) is 0 Å². The van der Waals surface area contributed by atoms with Crippen molar-refractivity contribution in [3.8, 4) is 6.07 Å². The van der Waals surface area contributed by atoms with Crippen molar-refractivity contribution < 1.29 is 23.1 Å². The Morgan fingerprint density at radius 1 is 1.47 bits per heavy atom. The van der Waals surface area contributed by atoms with Gasteiger partial charge in [0.05, 0.1) is 17.2 Å². The molecule has 1 aromatic rings. The molecule has 0 spiro atoms. The molecule has 7 heteroatoms. The van der Waals surface area contributed by atoms with Crippen LogP contribution in [0.15, 0.2) is 18.2 Å². The minimum absolute atomic E-state index is 0.0649. The van der Waals surface area contributed by atoms with Crippen molar-refractivity contribution in [2.24, 2.45) is 5.73 Å². The Hall–Kier alpha value is -2.07. The number of nitrogens with zero attached hydrogens (tertiary/aromatic N) is 1. The monoisotopic (exact) mass is 272 g/mol. The first-order chi connectivity index (χ1) is 8.58. The molecule has 3 N–H and O–H groups in total. The first kappa shape index (κ1) is 15.0. The fourth-order valence-electron chi connectivity index (χ4n) is 1.52. The van der Waals surface area contributed by atoms with Gasteiger partial charge in [-0.25, -0.2) is 0 Å². The van der Waals surface area contributed by atoms with E-state index in [0.29, 0.717) is 0 Å². The highest BCUT2D eigenvalue weighted by Crippen LogP contribution is 2.33. The number of halogens is 3. The number of hydrogen-bond acceptors (Lipinski definition) is 3. The van der Waals surface area contributed by atoms with Crippen LogP contribution in [-0.2, 0) is 17.4 Å². The molecule has 102 valence electrons. The maximum Gasteiger partial charge on any atom is 0.417 e. The molecule has 1 rings (SSSR count). The molecule has 0 aromatic heterocycles. The second kappa shape index (κ2) is 4.90. The maximum atomic E-state index is 12.7. The predicted octanol–water partition coefficient (Wildman–Crippen LogP) is 1.36. The van der Waals surface area contributed by atoms with E-state index in [1.54, 1.807) is 0 Å². The second-order valence-electron chi connectivity index (χ2n) is 4.30. The highest BCUT2D eigenvalue weighted by molar-refractivity contribution is 5.83. The molecule has 0 bridgehead atoms. The van der Waals surface area contributed by atoms with Gasteiger partial charge in [0.1, 0.15) is 5.60 Å². The van der Waals surface area contributed by atoms with E-state index in [1.165, 1.54) is 12.1 Å². The first-order valence-electron chi connectivity index (χ1n) is 5.20. The number of hydrogen-bond donors (Lipinski definition) is 2. The minimum Gasteiger partial charge on any atom is -0.380 e. The zero-order chi connectivity index (χ0) is 14.8. The lowest BCUT2D eigenvalue weighted by atomic mass is 9.93. The lowest BCUT2D eigenvalue weighted by Gasteiger charge is -2.20. The van der Waals surface area contributed by atoms with Crippen LogP contribution in [0.4, 0.5) is 13.2 Å². The van der Waals surface area contributed by atoms with Gasteiger partial charge in [0.2, 0.25) is 5.91 Å². The highest BCUT2D eigenvalue weighted by Gasteiger charge is 2.35. The van der Waals surface area contributed by atoms with Crippen LogP contribution in [-0.4, -0.2) is 16.6 Å². The molecule has 4 nitrogen and oxygen atoms in total. The number of aliphatic hydroxyl groups is 1. The molecule has 1 unspecified atom stereocenters. The minimum atomic E-state index is -4.68. The number of rotatable bonds is 3. The summed E-state index contributed by atoms with van der Waals surface area (Å²) in [6.45, 7) is 1.11. The number of carbonyl (C=O) groups excluding carboxylic acids is 1. The smallest absolute Gasteiger partial charge is 0.380 e. The van der Waals surface area contributed by atoms with E-state index in [1.807, 2.05) is 0 Å². The van der Waals surface area contributed by atoms with E-state index in [0.717, 1.165) is 19.1 Å². The van der Waals surface area contributed by atoms with Gasteiger partial charge >= 0.3 is 6.18 Å². The Morgan fingerprint density at radius 3 is 2.47 bits per heavy atom. The molecule has 0 aliphatic carbocycles. The predicted molar refractivity (Wildman–Crippen MR) is 59.7 cm³/mol. The van der Waals surface area contributed by atoms with E-state index < -0.39 is 28.8 Å². The van der Waals surface area contributed by atoms with E-state index in [-0.39, 0.29) is 12.0 Å². The lowest BCUT2D eigenvalue weighted by molar-refractivity contribution is -0.137. The summed E-state index contributed by atoms with van der Waals surface area (Å²) in [5.74, 6) is -1.04. The van der Waals surface area contributed by atoms with Crippen molar-refractivity contribution in [1.82, 2.24) is 0 Å². The molecule has 0 saturated heterocycles. The fourth-order valence-corrected chi connectivity index (χ4v) is 1.52. The number of nitriles is 1. The van der Waals surface area contributed by atoms with Gasteiger partial charge in [-0.1, -0.05) is 6.07 Å². The summed E-state index contributed by atoms with van der Waals surface area (Å²) >= 11 is 0. The third-order valence-electron chi connectivity index (χ3n) is 2.59. The number of alkyl halides is 3. The van der Waals surface area contributed by atoms with Crippen LogP contribution in [0.25, 0.3) is 0 Å². The van der Waals surface area contributed by atoms with Crippen LogP contribution < -0.4 is 5.73 Å². The quantitative estimate of drug-likeness (QED) is 0.870. The molecule has 19 heavy (non-hydrogen) atoms. The number of amides is 1. The van der Waals surface area contributed by atoms with Crippen LogP contribution in [0.5, 0.6) is 0 Å². The summed E-state index contributed by atoms with van der Waals surface area (Å²) in [6, 6.07) is 4.41. The molecule has 1 amide bonds. The first-order valence-corrected chi connectivity index (χ1v) is 5.20. The van der Waals surface area contributed by atoms with Gasteiger partial charge in [-0.15, -0.1) is 0 Å².